The van der Waals surface area contributed by atoms with Crippen LogP contribution in [-0.2, 0) is 15.1 Å². The number of hydrogen-bond donors (Lipinski definition) is 2. The topological polar surface area (TPSA) is 67.8 Å². The summed E-state index contributed by atoms with van der Waals surface area (Å²) in [6.45, 7) is 4.61. The summed E-state index contributed by atoms with van der Waals surface area (Å²) >= 11 is 2.38. The summed E-state index contributed by atoms with van der Waals surface area (Å²) in [5, 5.41) is 12.3. The molecule has 1 aromatic carbocycles. The smallest absolute Gasteiger partial charge is 0.404 e. The lowest BCUT2D eigenvalue weighted by Crippen LogP contribution is -2.58. The first kappa shape index (κ1) is 20.9. The Morgan fingerprint density at radius 3 is 2.78 bits per heavy atom. The van der Waals surface area contributed by atoms with Crippen LogP contribution in [0.1, 0.15) is 51.5 Å². The van der Waals surface area contributed by atoms with Gasteiger partial charge >= 0.3 is 6.09 Å². The average Bonchev–Trinajstić information content (AvgIpc) is 3.18. The maximum Gasteiger partial charge on any atom is 0.404 e. The highest BCUT2D eigenvalue weighted by molar-refractivity contribution is 14.1. The van der Waals surface area contributed by atoms with Crippen molar-refractivity contribution < 1.29 is 19.4 Å². The number of amides is 1. The summed E-state index contributed by atoms with van der Waals surface area (Å²) in [7, 11) is 1.65. The van der Waals surface area contributed by atoms with Crippen LogP contribution in [0.15, 0.2) is 24.3 Å². The predicted octanol–water partition coefficient (Wildman–Crippen LogP) is 4.98. The second-order valence-corrected chi connectivity index (χ2v) is 9.62. The number of fused-ring (bicyclic) bond motifs is 2. The Bertz CT molecular complexity index is 682. The largest absolute Gasteiger partial charge is 0.465 e. The molecular formula is C21H30INO4. The van der Waals surface area contributed by atoms with Gasteiger partial charge in [0.05, 0.1) is 0 Å². The SMILES string of the molecule is COCOC(CC(C)C)(c1ccccc1I)[C@]12CCC(C[C@@H]1NC(=O)O)C2. The molecule has 2 unspecified atom stereocenters. The third-order valence-corrected chi connectivity index (χ3v) is 7.36. The highest BCUT2D eigenvalue weighted by Crippen LogP contribution is 2.65. The fourth-order valence-corrected chi connectivity index (χ4v) is 6.46. The normalized spacial score (nSPS) is 29.1. The van der Waals surface area contributed by atoms with Crippen molar-refractivity contribution in [2.75, 3.05) is 13.9 Å². The van der Waals surface area contributed by atoms with Crippen LogP contribution in [0, 0.1) is 20.8 Å². The Morgan fingerprint density at radius 2 is 2.19 bits per heavy atom. The maximum absolute atomic E-state index is 11.6. The van der Waals surface area contributed by atoms with Crippen molar-refractivity contribution in [3.63, 3.8) is 0 Å². The van der Waals surface area contributed by atoms with E-state index in [4.69, 9.17) is 9.47 Å². The molecular weight excluding hydrogens is 457 g/mol. The predicted molar refractivity (Wildman–Crippen MR) is 113 cm³/mol. The van der Waals surface area contributed by atoms with E-state index >= 15 is 0 Å². The summed E-state index contributed by atoms with van der Waals surface area (Å²) < 4.78 is 13.1. The van der Waals surface area contributed by atoms with Gasteiger partial charge in [0.25, 0.3) is 0 Å². The van der Waals surface area contributed by atoms with Gasteiger partial charge in [-0.15, -0.1) is 0 Å². The van der Waals surface area contributed by atoms with Crippen molar-refractivity contribution in [1.29, 1.82) is 0 Å². The number of ether oxygens (including phenoxy) is 2. The second kappa shape index (κ2) is 8.25. The van der Waals surface area contributed by atoms with Gasteiger partial charge in [-0.1, -0.05) is 32.0 Å². The van der Waals surface area contributed by atoms with Crippen molar-refractivity contribution >= 4 is 28.7 Å². The van der Waals surface area contributed by atoms with E-state index in [9.17, 15) is 9.90 Å². The number of rotatable bonds is 8. The summed E-state index contributed by atoms with van der Waals surface area (Å²) in [5.74, 6) is 0.957. The van der Waals surface area contributed by atoms with Crippen LogP contribution in [0.3, 0.4) is 0 Å². The molecule has 6 heteroatoms. The van der Waals surface area contributed by atoms with Gasteiger partial charge in [0, 0.05) is 22.1 Å². The summed E-state index contributed by atoms with van der Waals surface area (Å²) in [5.41, 5.74) is 0.337. The Hall–Kier alpha value is -0.860. The van der Waals surface area contributed by atoms with Gasteiger partial charge in [-0.05, 0) is 78.2 Å². The van der Waals surface area contributed by atoms with Crippen LogP contribution in [0.4, 0.5) is 4.79 Å². The zero-order chi connectivity index (χ0) is 19.7. The third-order valence-electron chi connectivity index (χ3n) is 6.42. The molecule has 1 aromatic rings. The van der Waals surface area contributed by atoms with E-state index in [1.165, 1.54) is 0 Å². The molecule has 27 heavy (non-hydrogen) atoms. The van der Waals surface area contributed by atoms with E-state index in [0.717, 1.165) is 41.2 Å². The summed E-state index contributed by atoms with van der Waals surface area (Å²) in [4.78, 5) is 11.6. The zero-order valence-corrected chi connectivity index (χ0v) is 18.5. The molecule has 2 saturated carbocycles. The lowest BCUT2D eigenvalue weighted by atomic mass is 9.61. The monoisotopic (exact) mass is 487 g/mol. The molecule has 150 valence electrons. The molecule has 0 radical (unpaired) electrons. The van der Waals surface area contributed by atoms with Gasteiger partial charge < -0.3 is 19.9 Å². The quantitative estimate of drug-likeness (QED) is 0.401. The van der Waals surface area contributed by atoms with Crippen LogP contribution < -0.4 is 5.32 Å². The van der Waals surface area contributed by atoms with E-state index in [-0.39, 0.29) is 18.2 Å². The van der Waals surface area contributed by atoms with Gasteiger partial charge in [0.2, 0.25) is 0 Å². The van der Waals surface area contributed by atoms with Gasteiger partial charge in [-0.25, -0.2) is 4.79 Å². The molecule has 0 heterocycles. The Balaban J connectivity index is 2.18. The second-order valence-electron chi connectivity index (χ2n) is 8.46. The van der Waals surface area contributed by atoms with Crippen LogP contribution in [0.25, 0.3) is 0 Å². The minimum Gasteiger partial charge on any atom is -0.465 e. The zero-order valence-electron chi connectivity index (χ0n) is 16.3. The van der Waals surface area contributed by atoms with Crippen LogP contribution in [0.2, 0.25) is 0 Å². The van der Waals surface area contributed by atoms with Crippen LogP contribution in [-0.4, -0.2) is 31.1 Å². The van der Waals surface area contributed by atoms with Crippen molar-refractivity contribution in [3.05, 3.63) is 33.4 Å². The Kier molecular flexibility index (Phi) is 6.37. The standard InChI is InChI=1S/C21H30INO4/c1-14(2)11-21(27-13-26-3,16-6-4-5-7-17(16)22)20-9-8-15(12-20)10-18(20)23-19(24)25/h4-7,14-15,18,23H,8-13H2,1-3H3,(H,24,25)/t15?,18-,20-,21?/m0/s1. The van der Waals surface area contributed by atoms with E-state index in [2.05, 4.69) is 60.0 Å². The number of carbonyl (C=O) groups is 1. The number of nitrogens with one attached hydrogen (secondary N) is 1. The highest BCUT2D eigenvalue weighted by atomic mass is 127. The third kappa shape index (κ3) is 3.72. The number of methoxy groups -OCH3 is 1. The summed E-state index contributed by atoms with van der Waals surface area (Å²) in [6.07, 6.45) is 3.90. The molecule has 2 N–H and O–H groups in total. The minimum absolute atomic E-state index is 0.0969. The molecule has 0 aromatic heterocycles. The molecule has 3 rings (SSSR count). The van der Waals surface area contributed by atoms with Crippen molar-refractivity contribution in [1.82, 2.24) is 5.32 Å². The van der Waals surface area contributed by atoms with Gasteiger partial charge in [-0.2, -0.15) is 0 Å². The molecule has 1 amide bonds. The fraction of sp³-hybridized carbons (Fsp3) is 0.667. The van der Waals surface area contributed by atoms with E-state index in [0.29, 0.717) is 11.8 Å². The first-order valence-corrected chi connectivity index (χ1v) is 10.8. The number of halogens is 1. The number of benzene rings is 1. The van der Waals surface area contributed by atoms with Gasteiger partial charge in [0.15, 0.2) is 0 Å². The highest BCUT2D eigenvalue weighted by Gasteiger charge is 2.65. The summed E-state index contributed by atoms with van der Waals surface area (Å²) in [6, 6.07) is 8.26. The van der Waals surface area contributed by atoms with Crippen LogP contribution >= 0.6 is 22.6 Å². The maximum atomic E-state index is 11.6. The van der Waals surface area contributed by atoms with Gasteiger partial charge in [0.1, 0.15) is 12.4 Å². The Labute approximate surface area is 175 Å². The molecule has 0 aliphatic heterocycles. The molecule has 2 aliphatic rings. The number of carboxylic acid groups (broad SMARTS) is 1. The molecule has 5 nitrogen and oxygen atoms in total. The number of hydrogen-bond acceptors (Lipinski definition) is 3. The fourth-order valence-electron chi connectivity index (χ4n) is 5.64. The average molecular weight is 487 g/mol. The molecule has 2 bridgehead atoms. The molecule has 0 spiro atoms. The molecule has 4 atom stereocenters. The van der Waals surface area contributed by atoms with Crippen molar-refractivity contribution in [2.24, 2.45) is 17.3 Å². The van der Waals surface area contributed by atoms with E-state index in [1.54, 1.807) is 7.11 Å². The Morgan fingerprint density at radius 1 is 1.44 bits per heavy atom. The minimum atomic E-state index is -0.945. The first-order valence-electron chi connectivity index (χ1n) is 9.72. The molecule has 2 fully saturated rings. The van der Waals surface area contributed by atoms with Crippen molar-refractivity contribution in [2.45, 2.75) is 57.6 Å². The van der Waals surface area contributed by atoms with Gasteiger partial charge in [-0.3, -0.25) is 0 Å². The van der Waals surface area contributed by atoms with Crippen molar-refractivity contribution in [3.8, 4) is 0 Å². The van der Waals surface area contributed by atoms with E-state index in [1.807, 2.05) is 6.07 Å². The molecule has 2 aliphatic carbocycles. The van der Waals surface area contributed by atoms with Crippen LogP contribution in [0.5, 0.6) is 0 Å². The first-order chi connectivity index (χ1) is 12.8. The molecule has 0 saturated heterocycles. The van der Waals surface area contributed by atoms with E-state index < -0.39 is 11.7 Å². The lowest BCUT2D eigenvalue weighted by Gasteiger charge is -2.52. The lowest BCUT2D eigenvalue weighted by molar-refractivity contribution is -0.208.